The van der Waals surface area contributed by atoms with Crippen molar-refractivity contribution >= 4 is 11.9 Å². The predicted molar refractivity (Wildman–Crippen MR) is 77.0 cm³/mol. The first-order valence-corrected chi connectivity index (χ1v) is 6.57. The van der Waals surface area contributed by atoms with Crippen LogP contribution in [0.4, 0.5) is 4.79 Å². The molecule has 0 saturated carbocycles. The average Bonchev–Trinajstić information content (AvgIpc) is 2.43. The van der Waals surface area contributed by atoms with Crippen LogP contribution in [0, 0.1) is 0 Å². The van der Waals surface area contributed by atoms with E-state index < -0.39 is 36.2 Å². The third-order valence-electron chi connectivity index (χ3n) is 2.75. The van der Waals surface area contributed by atoms with Crippen molar-refractivity contribution in [2.24, 2.45) is 0 Å². The molecular formula is C15H21NO5. The highest BCUT2D eigenvalue weighted by Crippen LogP contribution is 2.15. The molecule has 0 saturated heterocycles. The largest absolute Gasteiger partial charge is 0.444 e. The smallest absolute Gasteiger partial charge is 0.408 e. The highest BCUT2D eigenvalue weighted by atomic mass is 16.6. The Balaban J connectivity index is 2.98. The van der Waals surface area contributed by atoms with Crippen molar-refractivity contribution < 1.29 is 24.5 Å². The van der Waals surface area contributed by atoms with Gasteiger partial charge in [0.1, 0.15) is 5.60 Å². The van der Waals surface area contributed by atoms with Crippen LogP contribution in [-0.4, -0.2) is 46.4 Å². The molecule has 0 aliphatic carbocycles. The van der Waals surface area contributed by atoms with Crippen LogP contribution >= 0.6 is 0 Å². The van der Waals surface area contributed by atoms with E-state index in [0.717, 1.165) is 0 Å². The number of alkyl carbamates (subject to hydrolysis) is 1. The molecule has 0 bridgehead atoms. The maximum Gasteiger partial charge on any atom is 0.408 e. The Morgan fingerprint density at radius 2 is 1.62 bits per heavy atom. The molecule has 116 valence electrons. The molecule has 0 aliphatic heterocycles. The van der Waals surface area contributed by atoms with Crippen LogP contribution in [0.1, 0.15) is 31.1 Å². The summed E-state index contributed by atoms with van der Waals surface area (Å²) < 4.78 is 5.06. The van der Waals surface area contributed by atoms with Crippen molar-refractivity contribution in [1.29, 1.82) is 0 Å². The van der Waals surface area contributed by atoms with Gasteiger partial charge in [0, 0.05) is 5.56 Å². The lowest BCUT2D eigenvalue weighted by molar-refractivity contribution is 0.0280. The summed E-state index contributed by atoms with van der Waals surface area (Å²) in [4.78, 5) is 24.3. The van der Waals surface area contributed by atoms with E-state index in [4.69, 9.17) is 4.74 Å². The molecule has 0 atom stereocenters. The minimum absolute atomic E-state index is 0.275. The number of hydrogen-bond donors (Lipinski definition) is 3. The minimum Gasteiger partial charge on any atom is -0.444 e. The van der Waals surface area contributed by atoms with E-state index in [1.54, 1.807) is 51.1 Å². The lowest BCUT2D eigenvalue weighted by Crippen LogP contribution is -2.60. The molecule has 21 heavy (non-hydrogen) atoms. The highest BCUT2D eigenvalue weighted by molar-refractivity contribution is 6.05. The summed E-state index contributed by atoms with van der Waals surface area (Å²) in [5, 5.41) is 21.3. The van der Waals surface area contributed by atoms with Gasteiger partial charge in [0.15, 0.2) is 11.3 Å². The molecule has 1 aromatic rings. The second kappa shape index (κ2) is 6.69. The molecule has 0 radical (unpaired) electrons. The molecule has 0 unspecified atom stereocenters. The van der Waals surface area contributed by atoms with Gasteiger partial charge in [-0.3, -0.25) is 4.79 Å². The Bertz CT molecular complexity index is 489. The van der Waals surface area contributed by atoms with Gasteiger partial charge in [-0.2, -0.15) is 0 Å². The Kier molecular flexibility index (Phi) is 5.46. The van der Waals surface area contributed by atoms with E-state index in [1.807, 2.05) is 0 Å². The van der Waals surface area contributed by atoms with Gasteiger partial charge in [0.2, 0.25) is 0 Å². The zero-order valence-electron chi connectivity index (χ0n) is 12.4. The van der Waals surface area contributed by atoms with E-state index >= 15 is 0 Å². The Morgan fingerprint density at radius 3 is 2.05 bits per heavy atom. The van der Waals surface area contributed by atoms with E-state index in [2.05, 4.69) is 5.32 Å². The fourth-order valence-electron chi connectivity index (χ4n) is 1.69. The number of amides is 1. The molecule has 1 amide bonds. The number of carbonyl (C=O) groups is 2. The summed E-state index contributed by atoms with van der Waals surface area (Å²) in [7, 11) is 0. The van der Waals surface area contributed by atoms with Gasteiger partial charge in [-0.25, -0.2) is 4.79 Å². The van der Waals surface area contributed by atoms with Gasteiger partial charge in [-0.1, -0.05) is 30.3 Å². The maximum absolute atomic E-state index is 12.4. The van der Waals surface area contributed by atoms with Crippen LogP contribution in [-0.2, 0) is 4.74 Å². The van der Waals surface area contributed by atoms with E-state index in [-0.39, 0.29) is 5.56 Å². The number of aliphatic hydroxyl groups is 2. The number of aliphatic hydroxyl groups excluding tert-OH is 2. The normalized spacial score (nSPS) is 11.9. The molecule has 0 fully saturated rings. The second-order valence-electron chi connectivity index (χ2n) is 5.72. The van der Waals surface area contributed by atoms with Crippen molar-refractivity contribution in [2.45, 2.75) is 31.9 Å². The van der Waals surface area contributed by atoms with Crippen LogP contribution in [0.5, 0.6) is 0 Å². The van der Waals surface area contributed by atoms with Crippen molar-refractivity contribution in [1.82, 2.24) is 5.32 Å². The fraction of sp³-hybridized carbons (Fsp3) is 0.467. The number of rotatable bonds is 5. The highest BCUT2D eigenvalue weighted by Gasteiger charge is 2.40. The van der Waals surface area contributed by atoms with Crippen LogP contribution in [0.15, 0.2) is 30.3 Å². The van der Waals surface area contributed by atoms with E-state index in [0.29, 0.717) is 0 Å². The molecule has 1 rings (SSSR count). The third-order valence-corrected chi connectivity index (χ3v) is 2.75. The van der Waals surface area contributed by atoms with Crippen molar-refractivity contribution in [3.8, 4) is 0 Å². The maximum atomic E-state index is 12.4. The molecule has 3 N–H and O–H groups in total. The zero-order chi connectivity index (χ0) is 16.1. The first-order valence-electron chi connectivity index (χ1n) is 6.57. The number of nitrogens with one attached hydrogen (secondary N) is 1. The quantitative estimate of drug-likeness (QED) is 0.707. The first-order chi connectivity index (χ1) is 9.74. The number of Topliss-reactive ketones (excluding diaryl/α,β-unsaturated/α-hetero) is 1. The lowest BCUT2D eigenvalue weighted by Gasteiger charge is -2.30. The molecule has 0 aliphatic rings. The van der Waals surface area contributed by atoms with Crippen molar-refractivity contribution in [3.63, 3.8) is 0 Å². The zero-order valence-corrected chi connectivity index (χ0v) is 12.4. The summed E-state index contributed by atoms with van der Waals surface area (Å²) in [6.45, 7) is 3.54. The molecule has 6 heteroatoms. The molecule has 6 nitrogen and oxygen atoms in total. The molecule has 0 heterocycles. The lowest BCUT2D eigenvalue weighted by atomic mass is 9.91. The number of benzene rings is 1. The Morgan fingerprint density at radius 1 is 1.10 bits per heavy atom. The van der Waals surface area contributed by atoms with E-state index in [1.165, 1.54) is 0 Å². The van der Waals surface area contributed by atoms with Gasteiger partial charge in [-0.15, -0.1) is 0 Å². The molecular weight excluding hydrogens is 274 g/mol. The third kappa shape index (κ3) is 4.54. The summed E-state index contributed by atoms with van der Waals surface area (Å²) in [6, 6.07) is 8.12. The van der Waals surface area contributed by atoms with Gasteiger partial charge in [0.25, 0.3) is 0 Å². The number of ketones is 1. The molecule has 0 spiro atoms. The molecule has 0 aromatic heterocycles. The van der Waals surface area contributed by atoms with Gasteiger partial charge >= 0.3 is 6.09 Å². The van der Waals surface area contributed by atoms with Crippen LogP contribution < -0.4 is 5.32 Å². The topological polar surface area (TPSA) is 95.9 Å². The number of carbonyl (C=O) groups excluding carboxylic acids is 2. The van der Waals surface area contributed by atoms with E-state index in [9.17, 15) is 19.8 Å². The van der Waals surface area contributed by atoms with Gasteiger partial charge < -0.3 is 20.3 Å². The first kappa shape index (κ1) is 17.1. The Labute approximate surface area is 123 Å². The van der Waals surface area contributed by atoms with Gasteiger partial charge in [0.05, 0.1) is 13.2 Å². The number of ether oxygens (including phenoxy) is 1. The second-order valence-corrected chi connectivity index (χ2v) is 5.72. The van der Waals surface area contributed by atoms with Crippen molar-refractivity contribution in [3.05, 3.63) is 35.9 Å². The SMILES string of the molecule is CC(C)(C)OC(=O)NC(CO)(CO)C(=O)c1ccccc1. The summed E-state index contributed by atoms with van der Waals surface area (Å²) >= 11 is 0. The summed E-state index contributed by atoms with van der Waals surface area (Å²) in [6.07, 6.45) is -0.880. The summed E-state index contributed by atoms with van der Waals surface area (Å²) in [5.41, 5.74) is -2.29. The van der Waals surface area contributed by atoms with Crippen LogP contribution in [0.25, 0.3) is 0 Å². The molecule has 1 aromatic carbocycles. The Hall–Kier alpha value is -1.92. The van der Waals surface area contributed by atoms with Crippen LogP contribution in [0.2, 0.25) is 0 Å². The van der Waals surface area contributed by atoms with Crippen molar-refractivity contribution in [2.75, 3.05) is 13.2 Å². The number of hydrogen-bond acceptors (Lipinski definition) is 5. The fourth-order valence-corrected chi connectivity index (χ4v) is 1.69. The monoisotopic (exact) mass is 295 g/mol. The summed E-state index contributed by atoms with van der Waals surface area (Å²) in [5.74, 6) is -0.584. The van der Waals surface area contributed by atoms with Gasteiger partial charge in [-0.05, 0) is 20.8 Å². The van der Waals surface area contributed by atoms with Crippen LogP contribution in [0.3, 0.4) is 0 Å². The average molecular weight is 295 g/mol. The standard InChI is InChI=1S/C15H21NO5/c1-14(2,3)21-13(20)16-15(9-17,10-18)12(19)11-7-5-4-6-8-11/h4-8,17-18H,9-10H2,1-3H3,(H,16,20). The minimum atomic E-state index is -1.82. The predicted octanol–water partition coefficient (Wildman–Crippen LogP) is 1.12.